The van der Waals surface area contributed by atoms with Crippen LogP contribution in [-0.4, -0.2) is 31.1 Å². The molecular weight excluding hydrogens is 344 g/mol. The van der Waals surface area contributed by atoms with Crippen LogP contribution in [0.25, 0.3) is 10.2 Å². The lowest BCUT2D eigenvalue weighted by molar-refractivity contribution is 0.112. The third-order valence-corrected chi connectivity index (χ3v) is 5.21. The lowest BCUT2D eigenvalue weighted by Crippen LogP contribution is -2.10. The van der Waals surface area contributed by atoms with Gasteiger partial charge >= 0.3 is 0 Å². The maximum atomic E-state index is 11.6. The molecule has 0 fully saturated rings. The van der Waals surface area contributed by atoms with Gasteiger partial charge in [-0.15, -0.1) is 11.3 Å². The van der Waals surface area contributed by atoms with Crippen molar-refractivity contribution in [1.82, 2.24) is 4.98 Å². The Bertz CT molecular complexity index is 958. The van der Waals surface area contributed by atoms with Gasteiger partial charge in [-0.3, -0.25) is 10.2 Å². The highest BCUT2D eigenvalue weighted by atomic mass is 32.1. The molecule has 1 aromatic carbocycles. The molecule has 3 aromatic rings. The fourth-order valence-electron chi connectivity index (χ4n) is 2.81. The second-order valence-corrected chi connectivity index (χ2v) is 7.50. The predicted molar refractivity (Wildman–Crippen MR) is 111 cm³/mol. The molecule has 0 unspecified atom stereocenters. The summed E-state index contributed by atoms with van der Waals surface area (Å²) in [6, 6.07) is 10.1. The lowest BCUT2D eigenvalue weighted by Gasteiger charge is -2.14. The van der Waals surface area contributed by atoms with Crippen molar-refractivity contribution in [3.63, 3.8) is 0 Å². The first-order valence-electron chi connectivity index (χ1n) is 8.38. The third kappa shape index (κ3) is 3.75. The summed E-state index contributed by atoms with van der Waals surface area (Å²) in [6.45, 7) is 4.02. The number of anilines is 2. The number of fused-ring (bicyclic) bond motifs is 1. The molecule has 0 saturated heterocycles. The number of thiophene rings is 1. The highest BCUT2D eigenvalue weighted by Gasteiger charge is 2.17. The fraction of sp³-hybridized carbons (Fsp3) is 0.250. The van der Waals surface area contributed by atoms with Crippen molar-refractivity contribution in [1.29, 1.82) is 0 Å². The topological polar surface area (TPSA) is 57.6 Å². The molecule has 5 nitrogen and oxygen atoms in total. The van der Waals surface area contributed by atoms with E-state index in [9.17, 15) is 4.79 Å². The van der Waals surface area contributed by atoms with Gasteiger partial charge in [0.15, 0.2) is 6.29 Å². The van der Waals surface area contributed by atoms with Crippen molar-refractivity contribution in [2.24, 2.45) is 5.10 Å². The molecule has 0 bridgehead atoms. The number of benzene rings is 1. The number of aryl methyl sites for hydroxylation is 1. The molecule has 0 aliphatic heterocycles. The quantitative estimate of drug-likeness (QED) is 0.396. The van der Waals surface area contributed by atoms with Gasteiger partial charge in [-0.25, -0.2) is 4.98 Å². The minimum atomic E-state index is 0.597. The van der Waals surface area contributed by atoms with Gasteiger partial charge in [-0.05, 0) is 37.6 Å². The first-order chi connectivity index (χ1) is 12.5. The number of carbonyl (C=O) groups is 1. The smallest absolute Gasteiger partial charge is 0.160 e. The molecule has 0 spiro atoms. The van der Waals surface area contributed by atoms with Crippen molar-refractivity contribution in [3.05, 3.63) is 52.5 Å². The standard InChI is InChI=1S/C20H22N4OS/c1-13-5-7-15(8-6-13)23-22-14(2)11-16-18(12-25)26-20-19(16)17(24(3)4)9-10-21-20/h5-10,12,23H,11H2,1-4H3/b22-14-. The van der Waals surface area contributed by atoms with Crippen LogP contribution in [0.2, 0.25) is 0 Å². The SMILES string of the molecule is C/C(Cc1c(C=O)sc2nccc(N(C)C)c12)=N/Nc1ccc(C)cc1. The van der Waals surface area contributed by atoms with E-state index in [0.29, 0.717) is 11.3 Å². The van der Waals surface area contributed by atoms with E-state index in [1.54, 1.807) is 6.20 Å². The molecule has 0 aliphatic rings. The number of nitrogens with zero attached hydrogens (tertiary/aromatic N) is 3. The minimum absolute atomic E-state index is 0.597. The zero-order valence-corrected chi connectivity index (χ0v) is 16.2. The molecule has 3 rings (SSSR count). The molecule has 134 valence electrons. The average molecular weight is 366 g/mol. The van der Waals surface area contributed by atoms with E-state index >= 15 is 0 Å². The van der Waals surface area contributed by atoms with Crippen molar-refractivity contribution < 1.29 is 4.79 Å². The number of hydrogen-bond donors (Lipinski definition) is 1. The van der Waals surface area contributed by atoms with Crippen LogP contribution in [0.4, 0.5) is 11.4 Å². The van der Waals surface area contributed by atoms with Gasteiger partial charge in [-0.2, -0.15) is 5.10 Å². The largest absolute Gasteiger partial charge is 0.377 e. The maximum Gasteiger partial charge on any atom is 0.160 e. The van der Waals surface area contributed by atoms with Crippen LogP contribution in [0.5, 0.6) is 0 Å². The molecule has 0 atom stereocenters. The number of hydrazone groups is 1. The van der Waals surface area contributed by atoms with Gasteiger partial charge in [0.25, 0.3) is 0 Å². The first-order valence-corrected chi connectivity index (χ1v) is 9.20. The van der Waals surface area contributed by atoms with Gasteiger partial charge in [0, 0.05) is 43.5 Å². The van der Waals surface area contributed by atoms with Gasteiger partial charge in [0.05, 0.1) is 10.6 Å². The van der Waals surface area contributed by atoms with E-state index in [-0.39, 0.29) is 0 Å². The van der Waals surface area contributed by atoms with Crippen molar-refractivity contribution >= 4 is 44.9 Å². The molecule has 26 heavy (non-hydrogen) atoms. The van der Waals surface area contributed by atoms with E-state index in [0.717, 1.165) is 39.2 Å². The third-order valence-electron chi connectivity index (χ3n) is 4.15. The van der Waals surface area contributed by atoms with E-state index in [1.807, 2.05) is 56.3 Å². The Hall–Kier alpha value is -2.73. The molecule has 2 aromatic heterocycles. The Morgan fingerprint density at radius 1 is 1.27 bits per heavy atom. The molecule has 0 saturated carbocycles. The summed E-state index contributed by atoms with van der Waals surface area (Å²) in [4.78, 5) is 19.7. The second kappa shape index (κ2) is 7.66. The van der Waals surface area contributed by atoms with Gasteiger partial charge in [-0.1, -0.05) is 17.7 Å². The number of carbonyl (C=O) groups excluding carboxylic acids is 1. The Balaban J connectivity index is 1.92. The van der Waals surface area contributed by atoms with Crippen LogP contribution in [-0.2, 0) is 6.42 Å². The molecule has 6 heteroatoms. The number of hydrogen-bond acceptors (Lipinski definition) is 6. The summed E-state index contributed by atoms with van der Waals surface area (Å²) in [5, 5.41) is 5.51. The Morgan fingerprint density at radius 3 is 2.65 bits per heavy atom. The van der Waals surface area contributed by atoms with Gasteiger partial charge in [0.1, 0.15) is 4.83 Å². The molecular formula is C20H22N4OS. The van der Waals surface area contributed by atoms with Crippen molar-refractivity contribution in [3.8, 4) is 0 Å². The number of aromatic nitrogens is 1. The highest BCUT2D eigenvalue weighted by molar-refractivity contribution is 7.20. The van der Waals surface area contributed by atoms with Gasteiger partial charge in [0.2, 0.25) is 0 Å². The number of pyridine rings is 1. The lowest BCUT2D eigenvalue weighted by atomic mass is 10.1. The summed E-state index contributed by atoms with van der Waals surface area (Å²) in [6.07, 6.45) is 3.30. The number of nitrogens with one attached hydrogen (secondary N) is 1. The Kier molecular flexibility index (Phi) is 5.32. The Morgan fingerprint density at radius 2 is 2.00 bits per heavy atom. The number of rotatable bonds is 6. The molecule has 0 radical (unpaired) electrons. The summed E-state index contributed by atoms with van der Waals surface area (Å²) >= 11 is 1.43. The molecule has 0 aliphatic carbocycles. The van der Waals surface area contributed by atoms with E-state index in [2.05, 4.69) is 22.4 Å². The van der Waals surface area contributed by atoms with Crippen LogP contribution in [0.15, 0.2) is 41.6 Å². The van der Waals surface area contributed by atoms with Crippen molar-refractivity contribution in [2.45, 2.75) is 20.3 Å². The summed E-state index contributed by atoms with van der Waals surface area (Å²) in [5.74, 6) is 0. The van der Waals surface area contributed by atoms with Crippen LogP contribution >= 0.6 is 11.3 Å². The minimum Gasteiger partial charge on any atom is -0.377 e. The van der Waals surface area contributed by atoms with Crippen LogP contribution < -0.4 is 10.3 Å². The van der Waals surface area contributed by atoms with Crippen molar-refractivity contribution in [2.75, 3.05) is 24.4 Å². The van der Waals surface area contributed by atoms with E-state index in [4.69, 9.17) is 0 Å². The maximum absolute atomic E-state index is 11.6. The number of aldehydes is 1. The second-order valence-electron chi connectivity index (χ2n) is 6.47. The van der Waals surface area contributed by atoms with Crippen LogP contribution in [0.1, 0.15) is 27.7 Å². The molecule has 1 N–H and O–H groups in total. The molecule has 0 amide bonds. The fourth-order valence-corrected chi connectivity index (χ4v) is 3.81. The van der Waals surface area contributed by atoms with E-state index in [1.165, 1.54) is 16.9 Å². The monoisotopic (exact) mass is 366 g/mol. The average Bonchev–Trinajstić information content (AvgIpc) is 2.98. The first kappa shape index (κ1) is 18.1. The zero-order chi connectivity index (χ0) is 18.7. The van der Waals surface area contributed by atoms with Crippen LogP contribution in [0.3, 0.4) is 0 Å². The highest BCUT2D eigenvalue weighted by Crippen LogP contribution is 2.35. The van der Waals surface area contributed by atoms with Gasteiger partial charge < -0.3 is 4.90 Å². The summed E-state index contributed by atoms with van der Waals surface area (Å²) in [5.41, 5.74) is 8.19. The molecule has 2 heterocycles. The summed E-state index contributed by atoms with van der Waals surface area (Å²) in [7, 11) is 3.99. The predicted octanol–water partition coefficient (Wildman–Crippen LogP) is 4.51. The Labute approximate surface area is 157 Å². The zero-order valence-electron chi connectivity index (χ0n) is 15.4. The van der Waals surface area contributed by atoms with E-state index < -0.39 is 0 Å². The summed E-state index contributed by atoms with van der Waals surface area (Å²) < 4.78 is 0. The van der Waals surface area contributed by atoms with Crippen LogP contribution in [0, 0.1) is 6.92 Å². The normalized spacial score (nSPS) is 11.6.